The molecule has 1 spiro atoms. The van der Waals surface area contributed by atoms with Crippen molar-refractivity contribution in [1.82, 2.24) is 4.90 Å². The molecule has 2 heterocycles. The number of rotatable bonds is 3. The number of carbonyl (C=O) groups excluding carboxylic acids is 2. The van der Waals surface area contributed by atoms with Crippen molar-refractivity contribution < 1.29 is 19.5 Å². The second kappa shape index (κ2) is 6.39. The van der Waals surface area contributed by atoms with Crippen molar-refractivity contribution in [1.29, 1.82) is 0 Å². The fourth-order valence-corrected chi connectivity index (χ4v) is 4.67. The van der Waals surface area contributed by atoms with Crippen LogP contribution in [0.5, 0.6) is 0 Å². The Labute approximate surface area is 152 Å². The minimum atomic E-state index is -0.886. The molecule has 26 heavy (non-hydrogen) atoms. The van der Waals surface area contributed by atoms with Crippen LogP contribution < -0.4 is 10.2 Å². The van der Waals surface area contributed by atoms with Crippen LogP contribution in [0, 0.1) is 0 Å². The number of benzene rings is 1. The van der Waals surface area contributed by atoms with E-state index in [-0.39, 0.29) is 18.4 Å². The van der Waals surface area contributed by atoms with Crippen LogP contribution in [0.25, 0.3) is 0 Å². The summed E-state index contributed by atoms with van der Waals surface area (Å²) in [5.74, 6) is -1.21. The Kier molecular flexibility index (Phi) is 4.19. The Morgan fingerprint density at radius 2 is 1.92 bits per heavy atom. The van der Waals surface area contributed by atoms with Crippen LogP contribution in [-0.4, -0.2) is 52.5 Å². The highest BCUT2D eigenvalue weighted by atomic mass is 16.4. The van der Waals surface area contributed by atoms with E-state index < -0.39 is 17.6 Å². The first-order valence-electron chi connectivity index (χ1n) is 9.23. The van der Waals surface area contributed by atoms with Crippen LogP contribution in [0.1, 0.15) is 38.5 Å². The summed E-state index contributed by atoms with van der Waals surface area (Å²) in [5, 5.41) is 12.3. The van der Waals surface area contributed by atoms with Crippen LogP contribution in [0.3, 0.4) is 0 Å². The predicted octanol–water partition coefficient (Wildman–Crippen LogP) is 1.83. The Balaban J connectivity index is 1.68. The lowest BCUT2D eigenvalue weighted by atomic mass is 9.89. The fraction of sp³-hybridized carbons (Fsp3) is 0.526. The molecule has 1 unspecified atom stereocenters. The number of carboxylic acid groups (broad SMARTS) is 1. The Morgan fingerprint density at radius 1 is 1.19 bits per heavy atom. The summed E-state index contributed by atoms with van der Waals surface area (Å²) in [6.07, 6.45) is 4.42. The molecule has 1 saturated carbocycles. The number of amides is 2. The highest BCUT2D eigenvalue weighted by Crippen LogP contribution is 2.45. The van der Waals surface area contributed by atoms with Crippen LogP contribution in [0.15, 0.2) is 24.3 Å². The van der Waals surface area contributed by atoms with E-state index in [1.54, 1.807) is 15.9 Å². The molecule has 3 aliphatic rings. The molecule has 4 rings (SSSR count). The molecule has 2 fully saturated rings. The third kappa shape index (κ3) is 2.58. The number of likely N-dealkylation sites (tertiary alicyclic amines) is 1. The fourth-order valence-electron chi connectivity index (χ4n) is 4.67. The first kappa shape index (κ1) is 17.0. The molecule has 1 atom stereocenters. The van der Waals surface area contributed by atoms with Gasteiger partial charge in [0.25, 0.3) is 5.91 Å². The zero-order valence-electron chi connectivity index (χ0n) is 14.6. The first-order chi connectivity index (χ1) is 12.5. The van der Waals surface area contributed by atoms with Gasteiger partial charge in [0, 0.05) is 0 Å². The Morgan fingerprint density at radius 3 is 2.65 bits per heavy atom. The molecule has 1 saturated heterocycles. The summed E-state index contributed by atoms with van der Waals surface area (Å²) in [6, 6.07) is 6.72. The van der Waals surface area contributed by atoms with E-state index in [4.69, 9.17) is 0 Å². The van der Waals surface area contributed by atoms with Crippen molar-refractivity contribution in [3.05, 3.63) is 24.3 Å². The van der Waals surface area contributed by atoms with E-state index in [1.807, 2.05) is 18.2 Å². The normalized spacial score (nSPS) is 24.5. The van der Waals surface area contributed by atoms with Gasteiger partial charge in [0.05, 0.1) is 17.9 Å². The molecule has 2 aliphatic heterocycles. The standard InChI is InChI=1S/C19H23N3O4/c23-16(12-21-11-5-8-15(21)17(24)25)22-14-7-2-1-6-13(14)20-18(26)19(22)9-3-4-10-19/h1-2,6-7,15H,3-5,8-12H2,(H,20,26)(H,24,25). The number of anilines is 2. The zero-order chi connectivity index (χ0) is 18.3. The molecule has 7 heteroatoms. The number of carbonyl (C=O) groups is 3. The average molecular weight is 357 g/mol. The van der Waals surface area contributed by atoms with E-state index in [1.165, 1.54) is 0 Å². The molecule has 1 aromatic rings. The SMILES string of the molecule is O=C(O)C1CCCN1CC(=O)N1c2ccccc2NC(=O)C12CCCC2. The smallest absolute Gasteiger partial charge is 0.320 e. The number of nitrogens with zero attached hydrogens (tertiary/aromatic N) is 2. The molecular weight excluding hydrogens is 334 g/mol. The predicted molar refractivity (Wildman–Crippen MR) is 96.0 cm³/mol. The topological polar surface area (TPSA) is 89.9 Å². The Hall–Kier alpha value is -2.41. The van der Waals surface area contributed by atoms with E-state index in [0.717, 1.165) is 19.3 Å². The van der Waals surface area contributed by atoms with Crippen molar-refractivity contribution in [2.24, 2.45) is 0 Å². The number of fused-ring (bicyclic) bond motifs is 1. The van der Waals surface area contributed by atoms with Gasteiger partial charge in [-0.1, -0.05) is 25.0 Å². The molecule has 7 nitrogen and oxygen atoms in total. The van der Waals surface area contributed by atoms with Gasteiger partial charge >= 0.3 is 5.97 Å². The molecule has 0 aromatic heterocycles. The van der Waals surface area contributed by atoms with Gasteiger partial charge < -0.3 is 10.4 Å². The third-order valence-electron chi connectivity index (χ3n) is 5.91. The molecule has 2 amide bonds. The second-order valence-corrected chi connectivity index (χ2v) is 7.41. The summed E-state index contributed by atoms with van der Waals surface area (Å²) in [4.78, 5) is 41.0. The lowest BCUT2D eigenvalue weighted by Crippen LogP contribution is -2.62. The highest BCUT2D eigenvalue weighted by molar-refractivity contribution is 6.15. The van der Waals surface area contributed by atoms with Gasteiger partial charge in [-0.25, -0.2) is 0 Å². The number of carboxylic acids is 1. The number of para-hydroxylation sites is 2. The molecule has 0 radical (unpaired) electrons. The van der Waals surface area contributed by atoms with Gasteiger partial charge in [-0.3, -0.25) is 24.2 Å². The molecule has 138 valence electrons. The summed E-state index contributed by atoms with van der Waals surface area (Å²) in [5.41, 5.74) is 0.508. The van der Waals surface area contributed by atoms with Crippen molar-refractivity contribution in [3.63, 3.8) is 0 Å². The quantitative estimate of drug-likeness (QED) is 0.861. The van der Waals surface area contributed by atoms with Gasteiger partial charge in [-0.2, -0.15) is 0 Å². The van der Waals surface area contributed by atoms with Gasteiger partial charge in [0.1, 0.15) is 11.6 Å². The van der Waals surface area contributed by atoms with Gasteiger partial charge in [0.2, 0.25) is 5.91 Å². The minimum Gasteiger partial charge on any atom is -0.480 e. The monoisotopic (exact) mass is 357 g/mol. The average Bonchev–Trinajstić information content (AvgIpc) is 3.26. The molecule has 2 N–H and O–H groups in total. The van der Waals surface area contributed by atoms with E-state index in [0.29, 0.717) is 37.2 Å². The van der Waals surface area contributed by atoms with Crippen molar-refractivity contribution in [2.75, 3.05) is 23.3 Å². The van der Waals surface area contributed by atoms with E-state index in [9.17, 15) is 19.5 Å². The molecule has 1 aliphatic carbocycles. The van der Waals surface area contributed by atoms with Gasteiger partial charge in [-0.05, 0) is 44.4 Å². The van der Waals surface area contributed by atoms with Crippen LogP contribution in [-0.2, 0) is 14.4 Å². The molecular formula is C19H23N3O4. The first-order valence-corrected chi connectivity index (χ1v) is 9.23. The Bertz CT molecular complexity index is 757. The molecule has 0 bridgehead atoms. The highest BCUT2D eigenvalue weighted by Gasteiger charge is 2.52. The summed E-state index contributed by atoms with van der Waals surface area (Å²) >= 11 is 0. The van der Waals surface area contributed by atoms with Crippen molar-refractivity contribution >= 4 is 29.2 Å². The lowest BCUT2D eigenvalue weighted by molar-refractivity contribution is -0.142. The van der Waals surface area contributed by atoms with Crippen LogP contribution >= 0.6 is 0 Å². The van der Waals surface area contributed by atoms with Crippen molar-refractivity contribution in [2.45, 2.75) is 50.1 Å². The maximum atomic E-state index is 13.3. The van der Waals surface area contributed by atoms with Crippen LogP contribution in [0.4, 0.5) is 11.4 Å². The lowest BCUT2D eigenvalue weighted by Gasteiger charge is -2.45. The summed E-state index contributed by atoms with van der Waals surface area (Å²) in [7, 11) is 0. The number of aliphatic carboxylic acids is 1. The van der Waals surface area contributed by atoms with Gasteiger partial charge in [-0.15, -0.1) is 0 Å². The summed E-state index contributed by atoms with van der Waals surface area (Å²) in [6.45, 7) is 0.623. The maximum Gasteiger partial charge on any atom is 0.320 e. The third-order valence-corrected chi connectivity index (χ3v) is 5.91. The number of hydrogen-bond acceptors (Lipinski definition) is 4. The number of nitrogens with one attached hydrogen (secondary N) is 1. The maximum absolute atomic E-state index is 13.3. The second-order valence-electron chi connectivity index (χ2n) is 7.41. The largest absolute Gasteiger partial charge is 0.480 e. The van der Waals surface area contributed by atoms with E-state index >= 15 is 0 Å². The van der Waals surface area contributed by atoms with Crippen LogP contribution in [0.2, 0.25) is 0 Å². The van der Waals surface area contributed by atoms with E-state index in [2.05, 4.69) is 5.32 Å². The van der Waals surface area contributed by atoms with Crippen molar-refractivity contribution in [3.8, 4) is 0 Å². The minimum absolute atomic E-state index is 0.0281. The zero-order valence-corrected chi connectivity index (χ0v) is 14.6. The summed E-state index contributed by atoms with van der Waals surface area (Å²) < 4.78 is 0. The molecule has 1 aromatic carbocycles. The number of hydrogen-bond donors (Lipinski definition) is 2. The van der Waals surface area contributed by atoms with Gasteiger partial charge in [0.15, 0.2) is 0 Å².